The number of ketones is 2. The Balaban J connectivity index is 1.85. The van der Waals surface area contributed by atoms with Crippen LogP contribution in [0.4, 0.5) is 0 Å². The minimum atomic E-state index is -1.000. The van der Waals surface area contributed by atoms with E-state index in [2.05, 4.69) is 6.58 Å². The van der Waals surface area contributed by atoms with Gasteiger partial charge in [0, 0.05) is 26.2 Å². The second kappa shape index (κ2) is 6.84. The van der Waals surface area contributed by atoms with Crippen molar-refractivity contribution in [2.75, 3.05) is 0 Å². The molecule has 26 heavy (non-hydrogen) atoms. The summed E-state index contributed by atoms with van der Waals surface area (Å²) in [5.74, 6) is -2.41. The molecule has 0 unspecified atom stereocenters. The van der Waals surface area contributed by atoms with Gasteiger partial charge < -0.3 is 9.57 Å². The van der Waals surface area contributed by atoms with Gasteiger partial charge in [-0.3, -0.25) is 14.4 Å². The van der Waals surface area contributed by atoms with Gasteiger partial charge in [0.2, 0.25) is 11.6 Å². The van der Waals surface area contributed by atoms with Crippen LogP contribution in [0.1, 0.15) is 36.5 Å². The molecule has 7 nitrogen and oxygen atoms in total. The molecule has 2 heterocycles. The average Bonchev–Trinajstić information content (AvgIpc) is 2.74. The van der Waals surface area contributed by atoms with E-state index >= 15 is 0 Å². The van der Waals surface area contributed by atoms with Crippen molar-refractivity contribution < 1.29 is 28.8 Å². The summed E-state index contributed by atoms with van der Waals surface area (Å²) >= 11 is 0. The molecule has 0 N–H and O–H groups in total. The van der Waals surface area contributed by atoms with Crippen molar-refractivity contribution in [1.29, 1.82) is 0 Å². The van der Waals surface area contributed by atoms with Crippen molar-refractivity contribution in [1.82, 2.24) is 5.06 Å². The average molecular weight is 357 g/mol. The summed E-state index contributed by atoms with van der Waals surface area (Å²) in [6.45, 7) is 4.94. The van der Waals surface area contributed by atoms with Gasteiger partial charge in [-0.15, -0.1) is 11.6 Å². The second-order valence-corrected chi connectivity index (χ2v) is 6.54. The van der Waals surface area contributed by atoms with Gasteiger partial charge in [0.1, 0.15) is 17.7 Å². The molecule has 2 saturated heterocycles. The summed E-state index contributed by atoms with van der Waals surface area (Å²) in [6.07, 6.45) is 2.03. The Hall–Kier alpha value is -2.80. The number of rotatable bonds is 5. The first kappa shape index (κ1) is 18.0. The fourth-order valence-electron chi connectivity index (χ4n) is 3.64. The Morgan fingerprint density at radius 2 is 1.77 bits per heavy atom. The predicted molar refractivity (Wildman–Crippen MR) is 89.8 cm³/mol. The summed E-state index contributed by atoms with van der Waals surface area (Å²) < 4.78 is 5.45. The molecule has 0 spiro atoms. The number of piperidine rings is 1. The van der Waals surface area contributed by atoms with E-state index in [1.54, 1.807) is 36.4 Å². The number of ether oxygens (including phenoxy) is 1. The number of nitrogens with zero attached hydrogens (tertiary/aromatic N) is 1. The van der Waals surface area contributed by atoms with Gasteiger partial charge in [-0.1, -0.05) is 24.3 Å². The van der Waals surface area contributed by atoms with Crippen molar-refractivity contribution in [3.63, 3.8) is 0 Å². The van der Waals surface area contributed by atoms with E-state index in [9.17, 15) is 19.2 Å². The lowest BCUT2D eigenvalue weighted by Gasteiger charge is -2.42. The first-order valence-electron chi connectivity index (χ1n) is 8.31. The Morgan fingerprint density at radius 3 is 2.27 bits per heavy atom. The number of benzene rings is 1. The van der Waals surface area contributed by atoms with Gasteiger partial charge in [0.05, 0.1) is 5.56 Å². The smallest absolute Gasteiger partial charge is 0.357 e. The summed E-state index contributed by atoms with van der Waals surface area (Å²) in [7, 11) is 0. The highest BCUT2D eigenvalue weighted by molar-refractivity contribution is 6.43. The van der Waals surface area contributed by atoms with Crippen LogP contribution in [0.15, 0.2) is 43.0 Å². The van der Waals surface area contributed by atoms with Crippen LogP contribution in [0.25, 0.3) is 0 Å². The number of hydrogen-bond donors (Lipinski definition) is 0. The van der Waals surface area contributed by atoms with E-state index in [4.69, 9.17) is 9.57 Å². The highest BCUT2D eigenvalue weighted by Gasteiger charge is 2.60. The molecular formula is C19H19NO6. The second-order valence-electron chi connectivity index (χ2n) is 6.54. The highest BCUT2D eigenvalue weighted by Crippen LogP contribution is 2.42. The lowest BCUT2D eigenvalue weighted by molar-refractivity contribution is -0.204. The molecule has 136 valence electrons. The molecular weight excluding hydrogens is 338 g/mol. The molecule has 2 atom stereocenters. The van der Waals surface area contributed by atoms with Crippen molar-refractivity contribution in [3.05, 3.63) is 48.6 Å². The molecule has 0 radical (unpaired) electrons. The third-order valence-corrected chi connectivity index (χ3v) is 4.67. The largest absolute Gasteiger partial charge is 0.459 e. The highest BCUT2D eigenvalue weighted by atomic mass is 16.7. The summed E-state index contributed by atoms with van der Waals surface area (Å²) in [5.41, 5.74) is -0.685. The predicted octanol–water partition coefficient (Wildman–Crippen LogP) is 1.62. The van der Waals surface area contributed by atoms with E-state index in [0.717, 1.165) is 5.06 Å². The third kappa shape index (κ3) is 3.17. The summed E-state index contributed by atoms with van der Waals surface area (Å²) in [6, 6.07) is 6.37. The first-order chi connectivity index (χ1) is 12.4. The van der Waals surface area contributed by atoms with Crippen molar-refractivity contribution in [2.45, 2.75) is 43.9 Å². The van der Waals surface area contributed by atoms with Gasteiger partial charge in [-0.25, -0.2) is 4.79 Å². The van der Waals surface area contributed by atoms with Gasteiger partial charge in [0.25, 0.3) is 0 Å². The van der Waals surface area contributed by atoms with Crippen LogP contribution in [-0.4, -0.2) is 46.3 Å². The Bertz CT molecular complexity index is 747. The number of carbonyl (C=O) groups excluding carboxylic acids is 4. The van der Waals surface area contributed by atoms with Crippen LogP contribution in [0.5, 0.6) is 0 Å². The Morgan fingerprint density at radius 1 is 1.19 bits per heavy atom. The van der Waals surface area contributed by atoms with Crippen molar-refractivity contribution in [3.8, 4) is 0 Å². The first-order valence-corrected chi connectivity index (χ1v) is 8.31. The number of fused-ring (bicyclic) bond motifs is 2. The molecule has 0 aromatic heterocycles. The van der Waals surface area contributed by atoms with Crippen LogP contribution in [0.3, 0.4) is 0 Å². The summed E-state index contributed by atoms with van der Waals surface area (Å²) in [5, 5.41) is 1.16. The Labute approximate surface area is 150 Å². The van der Waals surface area contributed by atoms with E-state index in [1.165, 1.54) is 6.92 Å². The molecule has 2 aliphatic heterocycles. The molecule has 2 fully saturated rings. The van der Waals surface area contributed by atoms with Crippen LogP contribution >= 0.6 is 0 Å². The SMILES string of the molecule is C=CCC1(OC(C)=O)C[C@H]2C(=O)C(=O)[C@H](C1)N2OC(=O)c1ccccc1. The lowest BCUT2D eigenvalue weighted by Crippen LogP contribution is -2.54. The molecule has 0 saturated carbocycles. The maximum atomic E-state index is 12.3. The molecule has 3 rings (SSSR count). The zero-order valence-electron chi connectivity index (χ0n) is 14.3. The van der Waals surface area contributed by atoms with Crippen LogP contribution < -0.4 is 0 Å². The molecule has 0 aliphatic carbocycles. The third-order valence-electron chi connectivity index (χ3n) is 4.67. The molecule has 1 aromatic carbocycles. The minimum Gasteiger partial charge on any atom is -0.459 e. The Kier molecular flexibility index (Phi) is 4.73. The number of hydroxylamine groups is 2. The van der Waals surface area contributed by atoms with Crippen LogP contribution in [0, 0.1) is 0 Å². The lowest BCUT2D eigenvalue weighted by atomic mass is 9.84. The molecule has 1 aromatic rings. The van der Waals surface area contributed by atoms with E-state index < -0.39 is 41.2 Å². The zero-order chi connectivity index (χ0) is 18.9. The summed E-state index contributed by atoms with van der Waals surface area (Å²) in [4.78, 5) is 53.9. The number of hydrogen-bond acceptors (Lipinski definition) is 7. The standard InChI is InChI=1S/C19H19NO6/c1-3-9-19(25-12(2)21)10-14-16(22)17(23)15(11-19)20(14)26-18(24)13-7-5-4-6-8-13/h3-8,14-15H,1,9-11H2,2H3/t14-,15-/m0/s1. The van der Waals surface area contributed by atoms with Crippen LogP contribution in [-0.2, 0) is 24.0 Å². The maximum absolute atomic E-state index is 12.3. The topological polar surface area (TPSA) is 90.0 Å². The van der Waals surface area contributed by atoms with E-state index in [1.807, 2.05) is 0 Å². The van der Waals surface area contributed by atoms with Crippen LogP contribution in [0.2, 0.25) is 0 Å². The molecule has 0 amide bonds. The van der Waals surface area contributed by atoms with Crippen molar-refractivity contribution >= 4 is 23.5 Å². The van der Waals surface area contributed by atoms with E-state index in [0.29, 0.717) is 12.0 Å². The quantitative estimate of drug-likeness (QED) is 0.449. The van der Waals surface area contributed by atoms with Crippen molar-refractivity contribution in [2.24, 2.45) is 0 Å². The van der Waals surface area contributed by atoms with Gasteiger partial charge in [-0.2, -0.15) is 0 Å². The normalized spacial score (nSPS) is 27.9. The number of Topliss-reactive ketones (excluding diaryl/α,β-unsaturated/α-hetero) is 2. The van der Waals surface area contributed by atoms with E-state index in [-0.39, 0.29) is 12.8 Å². The molecule has 2 bridgehead atoms. The minimum absolute atomic E-state index is 0.0712. The monoisotopic (exact) mass is 357 g/mol. The van der Waals surface area contributed by atoms with Gasteiger partial charge >= 0.3 is 11.9 Å². The molecule has 2 aliphatic rings. The fourth-order valence-corrected chi connectivity index (χ4v) is 3.64. The number of esters is 1. The van der Waals surface area contributed by atoms with Gasteiger partial charge in [-0.05, 0) is 12.1 Å². The molecule has 7 heteroatoms. The fraction of sp³-hybridized carbons (Fsp3) is 0.368. The maximum Gasteiger partial charge on any atom is 0.357 e. The zero-order valence-corrected chi connectivity index (χ0v) is 14.3. The van der Waals surface area contributed by atoms with Gasteiger partial charge in [0.15, 0.2) is 0 Å². The number of carbonyl (C=O) groups is 4.